The Kier molecular flexibility index (Phi) is 5.09. The van der Waals surface area contributed by atoms with Crippen molar-refractivity contribution < 1.29 is 4.74 Å². The Labute approximate surface area is 159 Å². The van der Waals surface area contributed by atoms with Crippen molar-refractivity contribution in [2.75, 3.05) is 13.2 Å². The molecule has 2 heterocycles. The van der Waals surface area contributed by atoms with Crippen LogP contribution in [0.2, 0.25) is 0 Å². The van der Waals surface area contributed by atoms with Gasteiger partial charge in [0.2, 0.25) is 0 Å². The number of fused-ring (bicyclic) bond motifs is 1. The van der Waals surface area contributed by atoms with Crippen LogP contribution in [0.25, 0.3) is 16.5 Å². The van der Waals surface area contributed by atoms with E-state index in [2.05, 4.69) is 24.8 Å². The van der Waals surface area contributed by atoms with Crippen LogP contribution in [-0.2, 0) is 11.2 Å². The minimum atomic E-state index is 0.00688. The second kappa shape index (κ2) is 7.82. The van der Waals surface area contributed by atoms with E-state index in [-0.39, 0.29) is 5.56 Å². The summed E-state index contributed by atoms with van der Waals surface area (Å²) in [5.74, 6) is 7.01. The van der Waals surface area contributed by atoms with Crippen molar-refractivity contribution in [3.8, 4) is 17.5 Å². The van der Waals surface area contributed by atoms with Crippen molar-refractivity contribution >= 4 is 10.8 Å². The maximum absolute atomic E-state index is 13.5. The molecule has 3 aromatic rings. The van der Waals surface area contributed by atoms with E-state index in [1.807, 2.05) is 53.1 Å². The third-order valence-electron chi connectivity index (χ3n) is 5.13. The summed E-state index contributed by atoms with van der Waals surface area (Å²) >= 11 is 0. The summed E-state index contributed by atoms with van der Waals surface area (Å²) < 4.78 is 7.23. The quantitative estimate of drug-likeness (QED) is 0.639. The molecular formula is C24H23NO2. The first kappa shape index (κ1) is 17.6. The molecule has 4 rings (SSSR count). The Balaban J connectivity index is 1.89. The molecule has 0 aliphatic carbocycles. The van der Waals surface area contributed by atoms with Crippen molar-refractivity contribution in [3.63, 3.8) is 0 Å². The average Bonchev–Trinajstić information content (AvgIpc) is 2.73. The van der Waals surface area contributed by atoms with Crippen LogP contribution in [0.4, 0.5) is 0 Å². The lowest BCUT2D eigenvalue weighted by atomic mass is 9.99. The predicted octanol–water partition coefficient (Wildman–Crippen LogP) is 4.33. The van der Waals surface area contributed by atoms with Gasteiger partial charge in [0.1, 0.15) is 0 Å². The highest BCUT2D eigenvalue weighted by Crippen LogP contribution is 2.20. The molecule has 0 unspecified atom stereocenters. The van der Waals surface area contributed by atoms with Gasteiger partial charge in [-0.1, -0.05) is 49.1 Å². The zero-order valence-corrected chi connectivity index (χ0v) is 15.6. The highest BCUT2D eigenvalue weighted by atomic mass is 16.5. The number of aromatic nitrogens is 1. The molecular weight excluding hydrogens is 334 g/mol. The van der Waals surface area contributed by atoms with Gasteiger partial charge in [0, 0.05) is 36.1 Å². The zero-order valence-electron chi connectivity index (χ0n) is 15.6. The average molecular weight is 357 g/mol. The maximum Gasteiger partial charge on any atom is 0.264 e. The summed E-state index contributed by atoms with van der Waals surface area (Å²) in [5, 5.41) is 1.67. The highest BCUT2D eigenvalue weighted by Gasteiger charge is 2.13. The van der Waals surface area contributed by atoms with Gasteiger partial charge in [-0.05, 0) is 48.9 Å². The molecule has 0 amide bonds. The van der Waals surface area contributed by atoms with E-state index in [1.54, 1.807) is 0 Å². The highest BCUT2D eigenvalue weighted by molar-refractivity contribution is 5.88. The summed E-state index contributed by atoms with van der Waals surface area (Å²) in [5.41, 5.74) is 2.73. The molecule has 1 saturated heterocycles. The number of hydrogen-bond acceptors (Lipinski definition) is 2. The second-order valence-electron chi connectivity index (χ2n) is 6.89. The molecule has 2 aromatic carbocycles. The third kappa shape index (κ3) is 3.54. The van der Waals surface area contributed by atoms with Gasteiger partial charge in [0.15, 0.2) is 0 Å². The fraction of sp³-hybridized carbons (Fsp3) is 0.292. The molecule has 0 saturated carbocycles. The molecule has 0 N–H and O–H groups in total. The largest absolute Gasteiger partial charge is 0.381 e. The van der Waals surface area contributed by atoms with Crippen LogP contribution in [0, 0.1) is 17.8 Å². The van der Waals surface area contributed by atoms with Crippen LogP contribution in [0.3, 0.4) is 0 Å². The maximum atomic E-state index is 13.5. The van der Waals surface area contributed by atoms with Gasteiger partial charge in [-0.3, -0.25) is 9.36 Å². The fourth-order valence-electron chi connectivity index (χ4n) is 3.66. The fourth-order valence-corrected chi connectivity index (χ4v) is 3.66. The molecule has 0 atom stereocenters. The molecule has 1 aromatic heterocycles. The van der Waals surface area contributed by atoms with Gasteiger partial charge in [0.05, 0.1) is 5.39 Å². The third-order valence-corrected chi connectivity index (χ3v) is 5.13. The number of benzene rings is 2. The van der Waals surface area contributed by atoms with E-state index in [0.29, 0.717) is 11.3 Å². The van der Waals surface area contributed by atoms with Crippen LogP contribution in [0.1, 0.15) is 31.0 Å². The van der Waals surface area contributed by atoms with Crippen molar-refractivity contribution in [1.29, 1.82) is 0 Å². The summed E-state index contributed by atoms with van der Waals surface area (Å²) in [6, 6.07) is 17.9. The Morgan fingerprint density at radius 3 is 2.59 bits per heavy atom. The van der Waals surface area contributed by atoms with Crippen LogP contribution in [-0.4, -0.2) is 17.8 Å². The molecule has 136 valence electrons. The molecule has 1 aliphatic heterocycles. The van der Waals surface area contributed by atoms with Crippen molar-refractivity contribution in [2.24, 2.45) is 5.92 Å². The van der Waals surface area contributed by atoms with Gasteiger partial charge < -0.3 is 4.74 Å². The topological polar surface area (TPSA) is 31.2 Å². The molecule has 27 heavy (non-hydrogen) atoms. The minimum absolute atomic E-state index is 0.00688. The van der Waals surface area contributed by atoms with Gasteiger partial charge in [0.25, 0.3) is 5.56 Å². The number of hydrogen-bond donors (Lipinski definition) is 0. The molecule has 1 aliphatic rings. The molecule has 3 nitrogen and oxygen atoms in total. The lowest BCUT2D eigenvalue weighted by Gasteiger charge is -2.16. The first-order chi connectivity index (χ1) is 13.3. The minimum Gasteiger partial charge on any atom is -0.381 e. The monoisotopic (exact) mass is 357 g/mol. The number of para-hydroxylation sites is 1. The van der Waals surface area contributed by atoms with Crippen LogP contribution in [0.5, 0.6) is 0 Å². The van der Waals surface area contributed by atoms with E-state index in [9.17, 15) is 4.79 Å². The first-order valence-electron chi connectivity index (χ1n) is 9.60. The number of aryl methyl sites for hydroxylation is 1. The number of pyridine rings is 1. The zero-order chi connectivity index (χ0) is 18.6. The number of rotatable bonds is 2. The summed E-state index contributed by atoms with van der Waals surface area (Å²) in [7, 11) is 0. The van der Waals surface area contributed by atoms with E-state index in [4.69, 9.17) is 4.74 Å². The second-order valence-corrected chi connectivity index (χ2v) is 6.89. The van der Waals surface area contributed by atoms with Crippen molar-refractivity contribution in [2.45, 2.75) is 26.2 Å². The normalized spacial score (nSPS) is 14.7. The van der Waals surface area contributed by atoms with Crippen molar-refractivity contribution in [1.82, 2.24) is 4.57 Å². The van der Waals surface area contributed by atoms with E-state index >= 15 is 0 Å². The number of ether oxygens (including phenoxy) is 1. The number of nitrogens with zero attached hydrogens (tertiary/aromatic N) is 1. The van der Waals surface area contributed by atoms with Gasteiger partial charge >= 0.3 is 0 Å². The lowest BCUT2D eigenvalue weighted by Crippen LogP contribution is -2.22. The Morgan fingerprint density at radius 2 is 1.85 bits per heavy atom. The van der Waals surface area contributed by atoms with Crippen molar-refractivity contribution in [3.05, 3.63) is 76.2 Å². The van der Waals surface area contributed by atoms with Crippen LogP contribution in [0.15, 0.2) is 59.4 Å². The lowest BCUT2D eigenvalue weighted by molar-refractivity contribution is 0.0807. The summed E-state index contributed by atoms with van der Waals surface area (Å²) in [6.07, 6.45) is 2.72. The Bertz CT molecular complexity index is 1060. The van der Waals surface area contributed by atoms with Gasteiger partial charge in [-0.15, -0.1) is 0 Å². The summed E-state index contributed by atoms with van der Waals surface area (Å²) in [4.78, 5) is 13.5. The molecule has 0 spiro atoms. The molecule has 0 bridgehead atoms. The van der Waals surface area contributed by atoms with E-state index < -0.39 is 0 Å². The Hall–Kier alpha value is -2.83. The predicted molar refractivity (Wildman–Crippen MR) is 109 cm³/mol. The Morgan fingerprint density at radius 1 is 1.07 bits per heavy atom. The van der Waals surface area contributed by atoms with Crippen LogP contribution >= 0.6 is 0 Å². The van der Waals surface area contributed by atoms with E-state index in [1.165, 1.54) is 0 Å². The van der Waals surface area contributed by atoms with E-state index in [0.717, 1.165) is 54.8 Å². The SMILES string of the molecule is CCc1cc2cccc(C#CC3CCOCC3)c2c(=O)n1-c1ccccc1. The van der Waals surface area contributed by atoms with Gasteiger partial charge in [-0.2, -0.15) is 0 Å². The summed E-state index contributed by atoms with van der Waals surface area (Å²) in [6.45, 7) is 3.62. The molecule has 0 radical (unpaired) electrons. The van der Waals surface area contributed by atoms with Gasteiger partial charge in [-0.25, -0.2) is 0 Å². The first-order valence-corrected chi connectivity index (χ1v) is 9.60. The standard InChI is InChI=1S/C24H23NO2/c1-2-21-17-20-8-6-7-19(12-11-18-13-15-27-16-14-18)23(20)24(26)25(21)22-9-4-3-5-10-22/h3-10,17-18H,2,13-16H2,1H3. The molecule has 3 heteroatoms. The smallest absolute Gasteiger partial charge is 0.264 e. The van der Waals surface area contributed by atoms with Crippen LogP contribution < -0.4 is 5.56 Å². The molecule has 1 fully saturated rings.